The Morgan fingerprint density at radius 3 is 2.85 bits per heavy atom. The third-order valence-corrected chi connectivity index (χ3v) is 2.99. The van der Waals surface area contributed by atoms with Crippen molar-refractivity contribution in [3.63, 3.8) is 0 Å². The number of nitrogens with one attached hydrogen (secondary N) is 1. The molecule has 0 aliphatic carbocycles. The molecule has 2 rings (SSSR count). The Labute approximate surface area is 117 Å². The highest BCUT2D eigenvalue weighted by molar-refractivity contribution is 5.93. The lowest BCUT2D eigenvalue weighted by Gasteiger charge is -2.16. The van der Waals surface area contributed by atoms with E-state index in [0.717, 1.165) is 11.8 Å². The van der Waals surface area contributed by atoms with E-state index in [4.69, 9.17) is 11.5 Å². The summed E-state index contributed by atoms with van der Waals surface area (Å²) in [5.74, 6) is 1.74. The molecule has 5 nitrogen and oxygen atoms in total. The number of anilines is 1. The number of fused-ring (bicyclic) bond motifs is 1. The standard InChI is InChI=1S/C15H15N3O2/c1-3-7-10(4-2)16-13-11-8-5-6-9-12(11)17-14(18-13)15(19)20/h1,5-6,8-10H,4,7H2,2H3,(H,19,20)(H,16,17,18). The first-order chi connectivity index (χ1) is 9.65. The monoisotopic (exact) mass is 269 g/mol. The minimum Gasteiger partial charge on any atom is -0.475 e. The molecule has 2 N–H and O–H groups in total. The Hall–Kier alpha value is -2.61. The Balaban J connectivity index is 2.49. The fourth-order valence-electron chi connectivity index (χ4n) is 1.92. The highest BCUT2D eigenvalue weighted by atomic mass is 16.4. The molecule has 0 radical (unpaired) electrons. The van der Waals surface area contributed by atoms with Gasteiger partial charge in [0.05, 0.1) is 5.52 Å². The van der Waals surface area contributed by atoms with Crippen LogP contribution >= 0.6 is 0 Å². The summed E-state index contributed by atoms with van der Waals surface area (Å²) in [6, 6.07) is 7.34. The number of terminal acetylenes is 1. The third kappa shape index (κ3) is 2.86. The van der Waals surface area contributed by atoms with Crippen LogP contribution in [0.3, 0.4) is 0 Å². The van der Waals surface area contributed by atoms with Crippen molar-refractivity contribution in [2.24, 2.45) is 0 Å². The molecule has 0 fully saturated rings. The van der Waals surface area contributed by atoms with Gasteiger partial charge in [-0.05, 0) is 18.6 Å². The van der Waals surface area contributed by atoms with Crippen LogP contribution in [0.5, 0.6) is 0 Å². The summed E-state index contributed by atoms with van der Waals surface area (Å²) in [5, 5.41) is 13.1. The average molecular weight is 269 g/mol. The van der Waals surface area contributed by atoms with E-state index in [-0.39, 0.29) is 11.9 Å². The van der Waals surface area contributed by atoms with Crippen molar-refractivity contribution in [1.82, 2.24) is 9.97 Å². The molecule has 0 spiro atoms. The maximum absolute atomic E-state index is 11.1. The molecule has 1 heterocycles. The van der Waals surface area contributed by atoms with Gasteiger partial charge < -0.3 is 10.4 Å². The molecule has 0 aliphatic heterocycles. The van der Waals surface area contributed by atoms with Gasteiger partial charge in [0, 0.05) is 17.8 Å². The van der Waals surface area contributed by atoms with Crippen molar-refractivity contribution >= 4 is 22.7 Å². The quantitative estimate of drug-likeness (QED) is 0.816. The Bertz CT molecular complexity index is 676. The van der Waals surface area contributed by atoms with E-state index in [0.29, 0.717) is 17.8 Å². The number of hydrogen-bond acceptors (Lipinski definition) is 4. The van der Waals surface area contributed by atoms with Crippen LogP contribution in [0.15, 0.2) is 24.3 Å². The number of carbonyl (C=O) groups is 1. The predicted molar refractivity (Wildman–Crippen MR) is 77.6 cm³/mol. The number of hydrogen-bond donors (Lipinski definition) is 2. The molecule has 0 saturated carbocycles. The molecular formula is C15H15N3O2. The highest BCUT2D eigenvalue weighted by Gasteiger charge is 2.14. The number of carboxylic acid groups (broad SMARTS) is 1. The van der Waals surface area contributed by atoms with Crippen LogP contribution in [-0.4, -0.2) is 27.1 Å². The molecule has 1 aromatic carbocycles. The molecule has 2 aromatic rings. The molecule has 0 saturated heterocycles. The smallest absolute Gasteiger partial charge is 0.374 e. The van der Waals surface area contributed by atoms with Crippen LogP contribution in [0.25, 0.3) is 10.9 Å². The zero-order valence-electron chi connectivity index (χ0n) is 11.1. The molecule has 1 aromatic heterocycles. The van der Waals surface area contributed by atoms with Crippen molar-refractivity contribution in [2.45, 2.75) is 25.8 Å². The number of rotatable bonds is 5. The van der Waals surface area contributed by atoms with E-state index in [1.807, 2.05) is 25.1 Å². The van der Waals surface area contributed by atoms with Crippen molar-refractivity contribution < 1.29 is 9.90 Å². The van der Waals surface area contributed by atoms with Gasteiger partial charge in [-0.2, -0.15) is 0 Å². The van der Waals surface area contributed by atoms with Crippen LogP contribution in [0.4, 0.5) is 5.82 Å². The lowest BCUT2D eigenvalue weighted by molar-refractivity contribution is 0.0684. The molecule has 0 bridgehead atoms. The minimum atomic E-state index is -1.15. The van der Waals surface area contributed by atoms with Gasteiger partial charge in [-0.25, -0.2) is 14.8 Å². The molecule has 102 valence electrons. The number of benzene rings is 1. The van der Waals surface area contributed by atoms with Gasteiger partial charge in [-0.15, -0.1) is 12.3 Å². The largest absolute Gasteiger partial charge is 0.475 e. The normalized spacial score (nSPS) is 11.8. The lowest BCUT2D eigenvalue weighted by atomic mass is 10.1. The second-order valence-corrected chi connectivity index (χ2v) is 4.38. The number of aromatic nitrogens is 2. The zero-order chi connectivity index (χ0) is 14.5. The summed E-state index contributed by atoms with van der Waals surface area (Å²) in [4.78, 5) is 19.2. The number of aromatic carboxylic acids is 1. The Kier molecular flexibility index (Phi) is 4.16. The number of nitrogens with zero attached hydrogens (tertiary/aromatic N) is 2. The second-order valence-electron chi connectivity index (χ2n) is 4.38. The molecule has 0 aliphatic rings. The number of para-hydroxylation sites is 1. The van der Waals surface area contributed by atoms with Crippen molar-refractivity contribution in [2.75, 3.05) is 5.32 Å². The predicted octanol–water partition coefficient (Wildman–Crippen LogP) is 2.54. The maximum atomic E-state index is 11.1. The summed E-state index contributed by atoms with van der Waals surface area (Å²) >= 11 is 0. The fourth-order valence-corrected chi connectivity index (χ4v) is 1.92. The molecule has 1 unspecified atom stereocenters. The van der Waals surface area contributed by atoms with Gasteiger partial charge >= 0.3 is 5.97 Å². The first-order valence-corrected chi connectivity index (χ1v) is 6.35. The first kappa shape index (κ1) is 13.8. The van der Waals surface area contributed by atoms with Crippen LogP contribution in [0.2, 0.25) is 0 Å². The van der Waals surface area contributed by atoms with Gasteiger partial charge in [0.1, 0.15) is 5.82 Å². The van der Waals surface area contributed by atoms with E-state index in [1.54, 1.807) is 6.07 Å². The van der Waals surface area contributed by atoms with E-state index < -0.39 is 5.97 Å². The van der Waals surface area contributed by atoms with Crippen molar-refractivity contribution in [1.29, 1.82) is 0 Å². The van der Waals surface area contributed by atoms with Crippen molar-refractivity contribution in [3.8, 4) is 12.3 Å². The maximum Gasteiger partial charge on any atom is 0.374 e. The first-order valence-electron chi connectivity index (χ1n) is 6.35. The van der Waals surface area contributed by atoms with Crippen LogP contribution in [-0.2, 0) is 0 Å². The van der Waals surface area contributed by atoms with Crippen LogP contribution in [0.1, 0.15) is 30.4 Å². The molecule has 5 heteroatoms. The van der Waals surface area contributed by atoms with Gasteiger partial charge in [-0.1, -0.05) is 19.1 Å². The summed E-state index contributed by atoms with van der Waals surface area (Å²) < 4.78 is 0. The van der Waals surface area contributed by atoms with Gasteiger partial charge in [0.15, 0.2) is 0 Å². The highest BCUT2D eigenvalue weighted by Crippen LogP contribution is 2.21. The minimum absolute atomic E-state index is 0.0555. The van der Waals surface area contributed by atoms with Crippen molar-refractivity contribution in [3.05, 3.63) is 30.1 Å². The zero-order valence-corrected chi connectivity index (χ0v) is 11.1. The second kappa shape index (κ2) is 6.02. The summed E-state index contributed by atoms with van der Waals surface area (Å²) in [6.45, 7) is 2.01. The third-order valence-electron chi connectivity index (χ3n) is 2.99. The molecule has 1 atom stereocenters. The molecular weight excluding hydrogens is 254 g/mol. The summed E-state index contributed by atoms with van der Waals surface area (Å²) in [5.41, 5.74) is 0.595. The summed E-state index contributed by atoms with van der Waals surface area (Å²) in [7, 11) is 0. The van der Waals surface area contributed by atoms with Crippen LogP contribution < -0.4 is 5.32 Å². The molecule has 0 amide bonds. The van der Waals surface area contributed by atoms with E-state index in [9.17, 15) is 4.79 Å². The van der Waals surface area contributed by atoms with E-state index in [1.165, 1.54) is 0 Å². The van der Waals surface area contributed by atoms with Gasteiger partial charge in [0.2, 0.25) is 5.82 Å². The van der Waals surface area contributed by atoms with Gasteiger partial charge in [-0.3, -0.25) is 0 Å². The lowest BCUT2D eigenvalue weighted by Crippen LogP contribution is -2.20. The fraction of sp³-hybridized carbons (Fsp3) is 0.267. The summed E-state index contributed by atoms with van der Waals surface area (Å²) in [6.07, 6.45) is 6.71. The van der Waals surface area contributed by atoms with Crippen LogP contribution in [0, 0.1) is 12.3 Å². The van der Waals surface area contributed by atoms with E-state index >= 15 is 0 Å². The van der Waals surface area contributed by atoms with E-state index in [2.05, 4.69) is 21.2 Å². The molecule has 20 heavy (non-hydrogen) atoms. The Morgan fingerprint density at radius 1 is 1.45 bits per heavy atom. The Morgan fingerprint density at radius 2 is 2.20 bits per heavy atom. The SMILES string of the molecule is C#CCC(CC)Nc1nc(C(=O)O)nc2ccccc12. The topological polar surface area (TPSA) is 75.1 Å². The number of carboxylic acids is 1. The van der Waals surface area contributed by atoms with Gasteiger partial charge in [0.25, 0.3) is 0 Å². The average Bonchev–Trinajstić information content (AvgIpc) is 2.46.